The summed E-state index contributed by atoms with van der Waals surface area (Å²) < 4.78 is 1.86. The van der Waals surface area contributed by atoms with E-state index in [9.17, 15) is 4.79 Å². The molecule has 4 rings (SSSR count). The average molecular weight is 532 g/mol. The van der Waals surface area contributed by atoms with Gasteiger partial charge < -0.3 is 5.32 Å². The van der Waals surface area contributed by atoms with E-state index >= 15 is 0 Å². The van der Waals surface area contributed by atoms with Crippen molar-refractivity contribution >= 4 is 52.5 Å². The predicted octanol–water partition coefficient (Wildman–Crippen LogP) is 7.32. The minimum Gasteiger partial charge on any atom is -0.342 e. The van der Waals surface area contributed by atoms with Crippen LogP contribution in [0.5, 0.6) is 0 Å². The van der Waals surface area contributed by atoms with Crippen molar-refractivity contribution in [3.63, 3.8) is 0 Å². The van der Waals surface area contributed by atoms with Gasteiger partial charge in [-0.05, 0) is 55.8 Å². The van der Waals surface area contributed by atoms with Gasteiger partial charge in [-0.2, -0.15) is 0 Å². The number of aromatic nitrogens is 3. The molecule has 9 heteroatoms. The lowest BCUT2D eigenvalue weighted by Gasteiger charge is -2.17. The maximum absolute atomic E-state index is 12.8. The molecule has 5 nitrogen and oxygen atoms in total. The number of amides is 1. The molecule has 0 bridgehead atoms. The molecule has 0 fully saturated rings. The zero-order valence-electron chi connectivity index (χ0n) is 18.4. The first-order valence-corrected chi connectivity index (χ1v) is 12.6. The summed E-state index contributed by atoms with van der Waals surface area (Å²) in [6, 6.07) is 19.9. The van der Waals surface area contributed by atoms with Crippen LogP contribution in [0.3, 0.4) is 0 Å². The fourth-order valence-electron chi connectivity index (χ4n) is 3.47. The molecule has 174 valence electrons. The molecule has 4 aromatic rings. The van der Waals surface area contributed by atoms with Crippen molar-refractivity contribution in [2.24, 2.45) is 0 Å². The Balaban J connectivity index is 1.66. The minimum absolute atomic E-state index is 0.263. The number of carbonyl (C=O) groups excluding carboxylic acids is 1. The smallest absolute Gasteiger partial charge is 0.251 e. The number of halogens is 3. The highest BCUT2D eigenvalue weighted by molar-refractivity contribution is 7.98. The number of thioether (sulfide) groups is 1. The second-order valence-corrected chi connectivity index (χ2v) is 9.98. The summed E-state index contributed by atoms with van der Waals surface area (Å²) in [5.41, 5.74) is 3.51. The van der Waals surface area contributed by atoms with Crippen LogP contribution < -0.4 is 5.32 Å². The maximum Gasteiger partial charge on any atom is 0.251 e. The van der Waals surface area contributed by atoms with E-state index in [-0.39, 0.29) is 5.91 Å². The Hall–Kier alpha value is -2.51. The summed E-state index contributed by atoms with van der Waals surface area (Å²) in [5.74, 6) is 0.987. The van der Waals surface area contributed by atoms with Crippen molar-refractivity contribution in [2.45, 2.75) is 30.8 Å². The number of carbonyl (C=O) groups is 1. The first-order chi connectivity index (χ1) is 16.3. The molecular formula is C25H21Cl3N4OS. The number of aryl methyl sites for hydroxylation is 1. The van der Waals surface area contributed by atoms with Crippen LogP contribution in [0.25, 0.3) is 5.69 Å². The maximum atomic E-state index is 12.8. The van der Waals surface area contributed by atoms with Crippen molar-refractivity contribution in [2.75, 3.05) is 0 Å². The van der Waals surface area contributed by atoms with Gasteiger partial charge in [0.05, 0.1) is 16.8 Å². The van der Waals surface area contributed by atoms with Gasteiger partial charge >= 0.3 is 0 Å². The van der Waals surface area contributed by atoms with E-state index in [2.05, 4.69) is 40.6 Å². The van der Waals surface area contributed by atoms with E-state index in [1.807, 2.05) is 23.6 Å². The summed E-state index contributed by atoms with van der Waals surface area (Å²) in [4.78, 5) is 12.8. The Morgan fingerprint density at radius 2 is 1.76 bits per heavy atom. The number of nitrogens with one attached hydrogen (secondary N) is 1. The van der Waals surface area contributed by atoms with Crippen LogP contribution in [0.15, 0.2) is 71.9 Å². The molecule has 0 aliphatic carbocycles. The molecule has 0 spiro atoms. The van der Waals surface area contributed by atoms with Crippen LogP contribution in [0.1, 0.15) is 40.3 Å². The fourth-order valence-corrected chi connectivity index (χ4v) is 5.05. The van der Waals surface area contributed by atoms with Crippen molar-refractivity contribution in [1.82, 2.24) is 20.1 Å². The first-order valence-electron chi connectivity index (χ1n) is 10.5. The van der Waals surface area contributed by atoms with E-state index in [0.29, 0.717) is 43.1 Å². The molecule has 0 aliphatic heterocycles. The molecule has 0 saturated heterocycles. The number of nitrogens with zero attached hydrogens (tertiary/aromatic N) is 3. The standard InChI is InChI=1S/C25H21Cl3N4OS/c1-15-5-3-6-17(11-15)14-34-25-31-30-23(32(25)22-10-9-20(27)13-21(22)28)16(2)29-24(33)18-7-4-8-19(26)12-18/h3-13,16H,14H2,1-2H3,(H,29,33). The molecule has 1 unspecified atom stereocenters. The summed E-state index contributed by atoms with van der Waals surface area (Å²) in [7, 11) is 0. The zero-order valence-corrected chi connectivity index (χ0v) is 21.5. The lowest BCUT2D eigenvalue weighted by molar-refractivity contribution is 0.0938. The lowest BCUT2D eigenvalue weighted by atomic mass is 10.2. The van der Waals surface area contributed by atoms with Gasteiger partial charge in [0.15, 0.2) is 11.0 Å². The Morgan fingerprint density at radius 3 is 2.50 bits per heavy atom. The average Bonchev–Trinajstić information content (AvgIpc) is 3.21. The van der Waals surface area contributed by atoms with Gasteiger partial charge in [0, 0.05) is 21.4 Å². The molecule has 0 saturated carbocycles. The third kappa shape index (κ3) is 5.76. The lowest BCUT2D eigenvalue weighted by Crippen LogP contribution is -2.28. The quantitative estimate of drug-likeness (QED) is 0.254. The van der Waals surface area contributed by atoms with E-state index in [1.165, 1.54) is 22.9 Å². The molecule has 1 atom stereocenters. The van der Waals surface area contributed by atoms with Gasteiger partial charge in [-0.15, -0.1) is 10.2 Å². The molecule has 3 aromatic carbocycles. The Kier molecular flexibility index (Phi) is 7.84. The highest BCUT2D eigenvalue weighted by Gasteiger charge is 2.23. The Bertz CT molecular complexity index is 1340. The van der Waals surface area contributed by atoms with Crippen LogP contribution in [-0.2, 0) is 5.75 Å². The van der Waals surface area contributed by atoms with Gasteiger partial charge in [-0.25, -0.2) is 0 Å². The molecule has 0 aliphatic rings. The van der Waals surface area contributed by atoms with Crippen LogP contribution in [0.4, 0.5) is 0 Å². The second kappa shape index (κ2) is 10.8. The molecule has 1 heterocycles. The SMILES string of the molecule is Cc1cccc(CSc2nnc(C(C)NC(=O)c3cccc(Cl)c3)n2-c2ccc(Cl)cc2Cl)c1. The molecule has 1 N–H and O–H groups in total. The normalized spacial score (nSPS) is 11.9. The van der Waals surface area contributed by atoms with E-state index in [1.54, 1.807) is 36.4 Å². The Labute approximate surface area is 217 Å². The van der Waals surface area contributed by atoms with E-state index < -0.39 is 6.04 Å². The van der Waals surface area contributed by atoms with Crippen molar-refractivity contribution in [3.05, 3.63) is 104 Å². The van der Waals surface area contributed by atoms with Gasteiger partial charge in [0.2, 0.25) is 0 Å². The van der Waals surface area contributed by atoms with E-state index in [0.717, 1.165) is 0 Å². The van der Waals surface area contributed by atoms with Crippen molar-refractivity contribution in [1.29, 1.82) is 0 Å². The summed E-state index contributed by atoms with van der Waals surface area (Å²) in [6.07, 6.45) is 0. The van der Waals surface area contributed by atoms with Crippen LogP contribution in [-0.4, -0.2) is 20.7 Å². The number of hydrogen-bond donors (Lipinski definition) is 1. The van der Waals surface area contributed by atoms with Gasteiger partial charge in [-0.1, -0.05) is 82.5 Å². The second-order valence-electron chi connectivity index (χ2n) is 7.76. The highest BCUT2D eigenvalue weighted by Crippen LogP contribution is 2.32. The molecule has 0 radical (unpaired) electrons. The Morgan fingerprint density at radius 1 is 1.00 bits per heavy atom. The predicted molar refractivity (Wildman–Crippen MR) is 139 cm³/mol. The van der Waals surface area contributed by atoms with Gasteiger partial charge in [0.25, 0.3) is 5.91 Å². The van der Waals surface area contributed by atoms with Crippen molar-refractivity contribution in [3.8, 4) is 5.69 Å². The third-order valence-electron chi connectivity index (χ3n) is 5.08. The molecular weight excluding hydrogens is 511 g/mol. The van der Waals surface area contributed by atoms with Gasteiger partial charge in [-0.3, -0.25) is 9.36 Å². The molecule has 1 aromatic heterocycles. The number of benzene rings is 3. The number of rotatable bonds is 7. The molecule has 34 heavy (non-hydrogen) atoms. The number of hydrogen-bond acceptors (Lipinski definition) is 4. The van der Waals surface area contributed by atoms with Crippen molar-refractivity contribution < 1.29 is 4.79 Å². The van der Waals surface area contributed by atoms with Crippen LogP contribution >= 0.6 is 46.6 Å². The summed E-state index contributed by atoms with van der Waals surface area (Å²) >= 11 is 20.3. The summed E-state index contributed by atoms with van der Waals surface area (Å²) in [6.45, 7) is 3.91. The molecule has 1 amide bonds. The van der Waals surface area contributed by atoms with E-state index in [4.69, 9.17) is 34.8 Å². The topological polar surface area (TPSA) is 59.8 Å². The van der Waals surface area contributed by atoms with Crippen LogP contribution in [0.2, 0.25) is 15.1 Å². The minimum atomic E-state index is -0.459. The zero-order chi connectivity index (χ0) is 24.2. The fraction of sp³-hybridized carbons (Fsp3) is 0.160. The van der Waals surface area contributed by atoms with Gasteiger partial charge in [0.1, 0.15) is 0 Å². The first kappa shape index (κ1) is 24.6. The monoisotopic (exact) mass is 530 g/mol. The third-order valence-corrected chi connectivity index (χ3v) is 6.85. The largest absolute Gasteiger partial charge is 0.342 e. The summed E-state index contributed by atoms with van der Waals surface area (Å²) in [5, 5.41) is 13.9. The highest BCUT2D eigenvalue weighted by atomic mass is 35.5. The van der Waals surface area contributed by atoms with Crippen LogP contribution in [0, 0.1) is 6.92 Å².